The molecule has 0 radical (unpaired) electrons. The molecular formula is C9H8N4S2. The molecule has 0 fully saturated rings. The highest BCUT2D eigenvalue weighted by atomic mass is 32.2. The van der Waals surface area contributed by atoms with Crippen LogP contribution in [0.15, 0.2) is 39.8 Å². The maximum absolute atomic E-state index is 7.44. The minimum Gasteiger partial charge on any atom is -0.384 e. The quantitative estimate of drug-likeness (QED) is 0.631. The van der Waals surface area contributed by atoms with E-state index in [-0.39, 0.29) is 5.84 Å². The van der Waals surface area contributed by atoms with Crippen LogP contribution in [-0.4, -0.2) is 15.2 Å². The summed E-state index contributed by atoms with van der Waals surface area (Å²) in [6.45, 7) is 0. The van der Waals surface area contributed by atoms with Gasteiger partial charge in [0.1, 0.15) is 12.2 Å². The van der Waals surface area contributed by atoms with Crippen LogP contribution in [0.5, 0.6) is 0 Å². The van der Waals surface area contributed by atoms with E-state index in [1.165, 1.54) is 29.6 Å². The lowest BCUT2D eigenvalue weighted by Gasteiger charge is -2.04. The molecule has 6 heteroatoms. The summed E-state index contributed by atoms with van der Waals surface area (Å²) in [6.07, 6.45) is 1.52. The van der Waals surface area contributed by atoms with Crippen LogP contribution in [0.25, 0.3) is 0 Å². The Hall–Kier alpha value is -1.40. The molecular weight excluding hydrogens is 228 g/mol. The van der Waals surface area contributed by atoms with Crippen molar-refractivity contribution < 1.29 is 0 Å². The van der Waals surface area contributed by atoms with Crippen molar-refractivity contribution in [2.24, 2.45) is 5.73 Å². The second kappa shape index (κ2) is 4.41. The lowest BCUT2D eigenvalue weighted by atomic mass is 10.2. The van der Waals surface area contributed by atoms with Gasteiger partial charge in [0.15, 0.2) is 4.34 Å². The first kappa shape index (κ1) is 10.1. The van der Waals surface area contributed by atoms with Crippen LogP contribution < -0.4 is 5.73 Å². The Labute approximate surface area is 95.2 Å². The molecule has 0 amide bonds. The van der Waals surface area contributed by atoms with Crippen molar-refractivity contribution in [2.75, 3.05) is 0 Å². The van der Waals surface area contributed by atoms with Gasteiger partial charge in [-0.2, -0.15) is 4.37 Å². The second-order valence-electron chi connectivity index (χ2n) is 2.72. The van der Waals surface area contributed by atoms with Gasteiger partial charge in [0.25, 0.3) is 0 Å². The third-order valence-electron chi connectivity index (χ3n) is 1.72. The molecule has 0 saturated heterocycles. The highest BCUT2D eigenvalue weighted by Crippen LogP contribution is 2.30. The molecule has 1 heterocycles. The van der Waals surface area contributed by atoms with E-state index >= 15 is 0 Å². The fourth-order valence-electron chi connectivity index (χ4n) is 1.08. The van der Waals surface area contributed by atoms with Crippen LogP contribution in [0.2, 0.25) is 0 Å². The van der Waals surface area contributed by atoms with Crippen molar-refractivity contribution in [1.82, 2.24) is 9.36 Å². The summed E-state index contributed by atoms with van der Waals surface area (Å²) in [6, 6.07) is 7.52. The summed E-state index contributed by atoms with van der Waals surface area (Å²) in [5.74, 6) is 0.0719. The van der Waals surface area contributed by atoms with Gasteiger partial charge in [0.05, 0.1) is 0 Å². The molecule has 2 aromatic rings. The predicted octanol–water partition coefficient (Wildman–Crippen LogP) is 1.97. The SMILES string of the molecule is N=C(N)c1ccccc1Sc1ncns1. The van der Waals surface area contributed by atoms with Gasteiger partial charge < -0.3 is 5.73 Å². The lowest BCUT2D eigenvalue weighted by molar-refractivity contribution is 1.21. The van der Waals surface area contributed by atoms with E-state index in [0.29, 0.717) is 0 Å². The molecule has 4 nitrogen and oxygen atoms in total. The van der Waals surface area contributed by atoms with Crippen molar-refractivity contribution in [3.63, 3.8) is 0 Å². The largest absolute Gasteiger partial charge is 0.384 e. The Morgan fingerprint density at radius 2 is 2.20 bits per heavy atom. The number of aromatic nitrogens is 2. The fraction of sp³-hybridized carbons (Fsp3) is 0. The topological polar surface area (TPSA) is 75.7 Å². The van der Waals surface area contributed by atoms with Crippen LogP contribution in [-0.2, 0) is 0 Å². The minimum atomic E-state index is 0.0719. The van der Waals surface area contributed by atoms with E-state index in [0.717, 1.165) is 14.8 Å². The third-order valence-corrected chi connectivity index (χ3v) is 3.51. The summed E-state index contributed by atoms with van der Waals surface area (Å²) in [7, 11) is 0. The first-order valence-corrected chi connectivity index (χ1v) is 5.74. The molecule has 76 valence electrons. The van der Waals surface area contributed by atoms with E-state index in [9.17, 15) is 0 Å². The van der Waals surface area contributed by atoms with Crippen molar-refractivity contribution in [3.05, 3.63) is 36.2 Å². The van der Waals surface area contributed by atoms with E-state index in [1.54, 1.807) is 0 Å². The summed E-state index contributed by atoms with van der Waals surface area (Å²) in [4.78, 5) is 5.00. The molecule has 0 unspecified atom stereocenters. The zero-order valence-electron chi connectivity index (χ0n) is 7.68. The van der Waals surface area contributed by atoms with Gasteiger partial charge in [-0.1, -0.05) is 30.0 Å². The maximum atomic E-state index is 7.44. The Kier molecular flexibility index (Phi) is 2.98. The van der Waals surface area contributed by atoms with Crippen molar-refractivity contribution in [3.8, 4) is 0 Å². The number of amidine groups is 1. The average molecular weight is 236 g/mol. The molecule has 2 rings (SSSR count). The van der Waals surface area contributed by atoms with Crippen molar-refractivity contribution >= 4 is 29.1 Å². The van der Waals surface area contributed by atoms with E-state index in [2.05, 4.69) is 9.36 Å². The molecule has 0 spiro atoms. The first-order valence-electron chi connectivity index (χ1n) is 4.15. The van der Waals surface area contributed by atoms with Crippen LogP contribution in [0.1, 0.15) is 5.56 Å². The number of benzene rings is 1. The first-order chi connectivity index (χ1) is 7.27. The average Bonchev–Trinajstić information content (AvgIpc) is 2.71. The summed E-state index contributed by atoms with van der Waals surface area (Å²) < 4.78 is 4.77. The monoisotopic (exact) mass is 236 g/mol. The highest BCUT2D eigenvalue weighted by Gasteiger charge is 2.07. The summed E-state index contributed by atoms with van der Waals surface area (Å²) in [5.41, 5.74) is 6.21. The Balaban J connectivity index is 2.32. The van der Waals surface area contributed by atoms with Gasteiger partial charge >= 0.3 is 0 Å². The number of nitrogens with two attached hydrogens (primary N) is 1. The number of nitrogens with one attached hydrogen (secondary N) is 1. The van der Waals surface area contributed by atoms with Crippen LogP contribution in [0.4, 0.5) is 0 Å². The van der Waals surface area contributed by atoms with Gasteiger partial charge in [-0.15, -0.1) is 0 Å². The van der Waals surface area contributed by atoms with Crippen LogP contribution >= 0.6 is 23.3 Å². The summed E-state index contributed by atoms with van der Waals surface area (Å²) >= 11 is 2.80. The maximum Gasteiger partial charge on any atom is 0.174 e. The van der Waals surface area contributed by atoms with E-state index < -0.39 is 0 Å². The number of nitrogen functional groups attached to an aromatic ring is 1. The smallest absolute Gasteiger partial charge is 0.174 e. The van der Waals surface area contributed by atoms with E-state index in [4.69, 9.17) is 11.1 Å². The zero-order valence-corrected chi connectivity index (χ0v) is 9.31. The number of nitrogens with zero attached hydrogens (tertiary/aromatic N) is 2. The van der Waals surface area contributed by atoms with Crippen LogP contribution in [0.3, 0.4) is 0 Å². The Morgan fingerprint density at radius 3 is 2.87 bits per heavy atom. The molecule has 1 aromatic carbocycles. The Bertz CT molecular complexity index is 467. The molecule has 0 saturated carbocycles. The fourth-order valence-corrected chi connectivity index (χ4v) is 2.63. The normalized spacial score (nSPS) is 10.1. The second-order valence-corrected chi connectivity index (χ2v) is 4.79. The van der Waals surface area contributed by atoms with Crippen LogP contribution in [0, 0.1) is 5.41 Å². The number of rotatable bonds is 3. The molecule has 0 aliphatic carbocycles. The predicted molar refractivity (Wildman–Crippen MR) is 61.5 cm³/mol. The van der Waals surface area contributed by atoms with Crippen molar-refractivity contribution in [1.29, 1.82) is 5.41 Å². The minimum absolute atomic E-state index is 0.0719. The zero-order chi connectivity index (χ0) is 10.7. The third kappa shape index (κ3) is 2.34. The van der Waals surface area contributed by atoms with Gasteiger partial charge in [-0.05, 0) is 17.6 Å². The summed E-state index contributed by atoms with van der Waals surface area (Å²) in [5, 5.41) is 7.44. The standard InChI is InChI=1S/C9H8N4S2/c10-8(11)6-3-1-2-4-7(6)14-9-12-5-13-15-9/h1-5H,(H3,10,11). The van der Waals surface area contributed by atoms with E-state index in [1.807, 2.05) is 24.3 Å². The van der Waals surface area contributed by atoms with Gasteiger partial charge in [0.2, 0.25) is 0 Å². The lowest BCUT2D eigenvalue weighted by Crippen LogP contribution is -2.11. The molecule has 1 aromatic heterocycles. The molecule has 15 heavy (non-hydrogen) atoms. The van der Waals surface area contributed by atoms with Crippen molar-refractivity contribution in [2.45, 2.75) is 9.24 Å². The molecule has 0 atom stereocenters. The number of hydrogen-bond acceptors (Lipinski definition) is 5. The Morgan fingerprint density at radius 1 is 1.40 bits per heavy atom. The molecule has 0 bridgehead atoms. The molecule has 3 N–H and O–H groups in total. The highest BCUT2D eigenvalue weighted by molar-refractivity contribution is 8.01. The molecule has 0 aliphatic rings. The molecule has 0 aliphatic heterocycles. The van der Waals surface area contributed by atoms with Gasteiger partial charge in [-0.25, -0.2) is 4.98 Å². The van der Waals surface area contributed by atoms with Gasteiger partial charge in [-0.3, -0.25) is 5.41 Å². The van der Waals surface area contributed by atoms with Gasteiger partial charge in [0, 0.05) is 10.5 Å². The number of hydrogen-bond donors (Lipinski definition) is 2.